The van der Waals surface area contributed by atoms with Gasteiger partial charge >= 0.3 is 11.9 Å². The quantitative estimate of drug-likeness (QED) is 0.0260. The summed E-state index contributed by atoms with van der Waals surface area (Å²) in [7, 11) is 0. The number of aliphatic hydroxyl groups excluding tert-OH is 7. The number of unbranched alkanes of at least 4 members (excludes halogenated alkanes) is 25. The molecular weight excluding hydrogens is 817 g/mol. The third kappa shape index (κ3) is 25.3. The van der Waals surface area contributed by atoms with Gasteiger partial charge in [-0.3, -0.25) is 9.59 Å². The number of ether oxygens (including phenoxy) is 6. The van der Waals surface area contributed by atoms with Gasteiger partial charge in [0.15, 0.2) is 18.7 Å². The lowest BCUT2D eigenvalue weighted by Crippen LogP contribution is -2.61. The van der Waals surface area contributed by atoms with Crippen LogP contribution >= 0.6 is 0 Å². The van der Waals surface area contributed by atoms with Crippen molar-refractivity contribution in [3.05, 3.63) is 0 Å². The highest BCUT2D eigenvalue weighted by atomic mass is 16.7. The Labute approximate surface area is 378 Å². The molecule has 2 aliphatic heterocycles. The average Bonchev–Trinajstić information content (AvgIpc) is 3.28. The Balaban J connectivity index is 1.82. The van der Waals surface area contributed by atoms with Crippen molar-refractivity contribution in [2.24, 2.45) is 0 Å². The van der Waals surface area contributed by atoms with Crippen molar-refractivity contribution in [3.8, 4) is 0 Å². The molecule has 2 fully saturated rings. The van der Waals surface area contributed by atoms with Crippen molar-refractivity contribution in [1.82, 2.24) is 0 Å². The van der Waals surface area contributed by atoms with E-state index in [0.29, 0.717) is 12.8 Å². The van der Waals surface area contributed by atoms with Crippen molar-refractivity contribution in [1.29, 1.82) is 0 Å². The molecule has 2 rings (SSSR count). The number of rotatable bonds is 39. The fourth-order valence-electron chi connectivity index (χ4n) is 8.16. The van der Waals surface area contributed by atoms with Gasteiger partial charge in [0.1, 0.15) is 55.4 Å². The van der Waals surface area contributed by atoms with E-state index in [0.717, 1.165) is 38.5 Å². The van der Waals surface area contributed by atoms with E-state index in [2.05, 4.69) is 13.8 Å². The Morgan fingerprint density at radius 1 is 0.444 bits per heavy atom. The van der Waals surface area contributed by atoms with Crippen molar-refractivity contribution in [2.75, 3.05) is 26.4 Å². The molecule has 0 aromatic heterocycles. The van der Waals surface area contributed by atoms with Gasteiger partial charge in [-0.2, -0.15) is 0 Å². The van der Waals surface area contributed by atoms with Crippen molar-refractivity contribution >= 4 is 11.9 Å². The molecular formula is C48H90O15. The maximum absolute atomic E-state index is 13.0. The van der Waals surface area contributed by atoms with Crippen LogP contribution in [0.5, 0.6) is 0 Å². The predicted octanol–water partition coefficient (Wildman–Crippen LogP) is 6.43. The summed E-state index contributed by atoms with van der Waals surface area (Å²) in [5, 5.41) is 72.0. The van der Waals surface area contributed by atoms with Crippen LogP contribution in [0.1, 0.15) is 200 Å². The van der Waals surface area contributed by atoms with Crippen LogP contribution in [0.3, 0.4) is 0 Å². The fraction of sp³-hybridized carbons (Fsp3) is 0.958. The molecule has 4 unspecified atom stereocenters. The van der Waals surface area contributed by atoms with E-state index in [1.807, 2.05) is 0 Å². The number of hydrogen-bond donors (Lipinski definition) is 7. The van der Waals surface area contributed by atoms with Crippen LogP contribution in [-0.2, 0) is 38.0 Å². The highest BCUT2D eigenvalue weighted by Gasteiger charge is 2.47. The third-order valence-corrected chi connectivity index (χ3v) is 12.3. The van der Waals surface area contributed by atoms with Gasteiger partial charge in [-0.15, -0.1) is 0 Å². The van der Waals surface area contributed by atoms with Crippen molar-refractivity contribution < 1.29 is 73.8 Å². The van der Waals surface area contributed by atoms with Crippen LogP contribution < -0.4 is 0 Å². The molecule has 2 heterocycles. The second-order valence-corrected chi connectivity index (χ2v) is 18.0. The zero-order valence-electron chi connectivity index (χ0n) is 39.1. The monoisotopic (exact) mass is 907 g/mol. The van der Waals surface area contributed by atoms with E-state index in [9.17, 15) is 45.3 Å². The van der Waals surface area contributed by atoms with E-state index in [4.69, 9.17) is 28.4 Å². The molecule has 0 aromatic rings. The molecule has 0 amide bonds. The Morgan fingerprint density at radius 3 is 1.24 bits per heavy atom. The van der Waals surface area contributed by atoms with E-state index in [1.54, 1.807) is 0 Å². The highest BCUT2D eigenvalue weighted by Crippen LogP contribution is 2.26. The second kappa shape index (κ2) is 36.6. The lowest BCUT2D eigenvalue weighted by Gasteiger charge is -2.42. The summed E-state index contributed by atoms with van der Waals surface area (Å²) in [6, 6.07) is 0. The lowest BCUT2D eigenvalue weighted by molar-refractivity contribution is -0.332. The Bertz CT molecular complexity index is 1110. The molecule has 7 N–H and O–H groups in total. The fourth-order valence-corrected chi connectivity index (χ4v) is 8.16. The molecule has 63 heavy (non-hydrogen) atoms. The summed E-state index contributed by atoms with van der Waals surface area (Å²) in [6.45, 7) is 2.61. The van der Waals surface area contributed by atoms with Gasteiger partial charge < -0.3 is 64.2 Å². The lowest BCUT2D eigenvalue weighted by atomic mass is 9.98. The largest absolute Gasteiger partial charge is 0.462 e. The predicted molar refractivity (Wildman–Crippen MR) is 238 cm³/mol. The smallest absolute Gasteiger partial charge is 0.306 e. The molecule has 11 atom stereocenters. The van der Waals surface area contributed by atoms with E-state index < -0.39 is 92.7 Å². The summed E-state index contributed by atoms with van der Waals surface area (Å²) in [4.78, 5) is 25.7. The Kier molecular flexibility index (Phi) is 33.5. The van der Waals surface area contributed by atoms with Gasteiger partial charge in [-0.05, 0) is 12.8 Å². The minimum Gasteiger partial charge on any atom is -0.462 e. The SMILES string of the molecule is CCCCCCCCCCCCCCCCC(=O)OC[C@H](CO[C@@H]1O[C@H](CO[C@@H]2O[C@H](CO)[C@H](O)C(O)C2O)[C@H](O)C(O)C1O)OC(=O)CCCCCCCCCCCCCCC. The molecule has 372 valence electrons. The van der Waals surface area contributed by atoms with E-state index >= 15 is 0 Å². The first kappa shape index (κ1) is 57.6. The van der Waals surface area contributed by atoms with Crippen LogP contribution in [0, 0.1) is 0 Å². The summed E-state index contributed by atoms with van der Waals surface area (Å²) < 4.78 is 33.5. The van der Waals surface area contributed by atoms with Gasteiger partial charge in [-0.25, -0.2) is 0 Å². The van der Waals surface area contributed by atoms with Gasteiger partial charge in [0.2, 0.25) is 0 Å². The molecule has 0 saturated carbocycles. The summed E-state index contributed by atoms with van der Waals surface area (Å²) >= 11 is 0. The summed E-state index contributed by atoms with van der Waals surface area (Å²) in [5.74, 6) is -0.912. The van der Waals surface area contributed by atoms with E-state index in [1.165, 1.54) is 122 Å². The minimum absolute atomic E-state index is 0.173. The molecule has 0 radical (unpaired) electrons. The molecule has 2 saturated heterocycles. The maximum atomic E-state index is 13.0. The summed E-state index contributed by atoms with van der Waals surface area (Å²) in [5.41, 5.74) is 0. The van der Waals surface area contributed by atoms with Crippen LogP contribution in [0.15, 0.2) is 0 Å². The van der Waals surface area contributed by atoms with Crippen LogP contribution in [-0.4, -0.2) is 142 Å². The number of aliphatic hydroxyl groups is 7. The Hall–Kier alpha value is -1.50. The molecule has 0 aromatic carbocycles. The van der Waals surface area contributed by atoms with Gasteiger partial charge in [0.25, 0.3) is 0 Å². The molecule has 0 bridgehead atoms. The topological polar surface area (TPSA) is 231 Å². The third-order valence-electron chi connectivity index (χ3n) is 12.3. The second-order valence-electron chi connectivity index (χ2n) is 18.0. The zero-order chi connectivity index (χ0) is 46.1. The van der Waals surface area contributed by atoms with Crippen LogP contribution in [0.2, 0.25) is 0 Å². The number of carbonyl (C=O) groups is 2. The van der Waals surface area contributed by atoms with Crippen molar-refractivity contribution in [3.63, 3.8) is 0 Å². The summed E-state index contributed by atoms with van der Waals surface area (Å²) in [6.07, 6.45) is 15.6. The standard InChI is InChI=1S/C48H90O15/c1-3-5-7-9-11-13-15-17-19-20-22-24-26-28-30-39(50)58-33-36(61-40(51)31-29-27-25-23-21-18-16-14-12-10-8-6-4-2)34-59-47-46(57)44(55)42(53)38(63-47)35-60-48-45(56)43(54)41(52)37(32-49)62-48/h36-38,41-49,52-57H,3-35H2,1-2H3/t36-,37-,38-,41+,42+,43?,44?,45?,46?,47-,48-/m1/s1. The molecule has 15 nitrogen and oxygen atoms in total. The first-order chi connectivity index (χ1) is 30.5. The first-order valence-electron chi connectivity index (χ1n) is 25.1. The first-order valence-corrected chi connectivity index (χ1v) is 25.1. The zero-order valence-corrected chi connectivity index (χ0v) is 39.1. The van der Waals surface area contributed by atoms with E-state index in [-0.39, 0.29) is 26.1 Å². The molecule has 0 spiro atoms. The molecule has 2 aliphatic rings. The molecule has 15 heteroatoms. The normalized spacial score (nSPS) is 26.7. The minimum atomic E-state index is -1.76. The van der Waals surface area contributed by atoms with Crippen molar-refractivity contribution in [2.45, 2.75) is 268 Å². The van der Waals surface area contributed by atoms with Gasteiger partial charge in [0.05, 0.1) is 19.8 Å². The van der Waals surface area contributed by atoms with Gasteiger partial charge in [-0.1, -0.05) is 174 Å². The Morgan fingerprint density at radius 2 is 0.810 bits per heavy atom. The maximum Gasteiger partial charge on any atom is 0.306 e. The number of hydrogen-bond acceptors (Lipinski definition) is 15. The highest BCUT2D eigenvalue weighted by molar-refractivity contribution is 5.70. The number of carbonyl (C=O) groups excluding carboxylic acids is 2. The number of esters is 2. The average molecular weight is 907 g/mol. The van der Waals surface area contributed by atoms with Gasteiger partial charge in [0, 0.05) is 12.8 Å². The van der Waals surface area contributed by atoms with Crippen LogP contribution in [0.25, 0.3) is 0 Å². The van der Waals surface area contributed by atoms with Crippen LogP contribution in [0.4, 0.5) is 0 Å². The molecule has 0 aliphatic carbocycles.